The summed E-state index contributed by atoms with van der Waals surface area (Å²) in [5, 5.41) is 3.70. The highest BCUT2D eigenvalue weighted by Crippen LogP contribution is 2.29. The second kappa shape index (κ2) is 7.06. The van der Waals surface area contributed by atoms with Crippen molar-refractivity contribution in [2.45, 2.75) is 12.7 Å². The first-order valence-corrected chi connectivity index (χ1v) is 8.11. The van der Waals surface area contributed by atoms with Crippen molar-refractivity contribution < 1.29 is 22.4 Å². The fourth-order valence-corrected chi connectivity index (χ4v) is 3.00. The minimum absolute atomic E-state index is 0.210. The van der Waals surface area contributed by atoms with Crippen molar-refractivity contribution >= 4 is 5.91 Å². The van der Waals surface area contributed by atoms with E-state index in [2.05, 4.69) is 10.00 Å². The molecule has 1 saturated heterocycles. The SMILES string of the molecule is Cn1nc(C(=O)N2CCN(Cc3cccc(F)c3)CC2)cc1C(F)(F)F. The average Bonchev–Trinajstić information content (AvgIpc) is 2.97. The molecule has 1 fully saturated rings. The third-order valence-corrected chi connectivity index (χ3v) is 4.34. The third-order valence-electron chi connectivity index (χ3n) is 4.34. The quantitative estimate of drug-likeness (QED) is 0.780. The summed E-state index contributed by atoms with van der Waals surface area (Å²) in [7, 11) is 1.16. The molecule has 1 aromatic carbocycles. The van der Waals surface area contributed by atoms with E-state index in [4.69, 9.17) is 0 Å². The Bertz CT molecular complexity index is 794. The summed E-state index contributed by atoms with van der Waals surface area (Å²) in [6.45, 7) is 2.43. The van der Waals surface area contributed by atoms with Crippen molar-refractivity contribution in [1.82, 2.24) is 19.6 Å². The number of nitrogens with zero attached hydrogens (tertiary/aromatic N) is 4. The minimum Gasteiger partial charge on any atom is -0.335 e. The largest absolute Gasteiger partial charge is 0.433 e. The summed E-state index contributed by atoms with van der Waals surface area (Å²) in [5.41, 5.74) is -0.326. The Morgan fingerprint density at radius 2 is 1.85 bits per heavy atom. The van der Waals surface area contributed by atoms with Gasteiger partial charge in [0.25, 0.3) is 5.91 Å². The summed E-state index contributed by atoms with van der Waals surface area (Å²) < 4.78 is 52.4. The van der Waals surface area contributed by atoms with Crippen LogP contribution in [0.25, 0.3) is 0 Å². The zero-order valence-corrected chi connectivity index (χ0v) is 14.1. The first-order valence-electron chi connectivity index (χ1n) is 8.11. The molecule has 2 aromatic rings. The lowest BCUT2D eigenvalue weighted by Gasteiger charge is -2.34. The number of piperazine rings is 1. The van der Waals surface area contributed by atoms with E-state index < -0.39 is 17.8 Å². The summed E-state index contributed by atoms with van der Waals surface area (Å²) >= 11 is 0. The van der Waals surface area contributed by atoms with Crippen LogP contribution in [-0.4, -0.2) is 51.7 Å². The number of hydrogen-bond acceptors (Lipinski definition) is 3. The van der Waals surface area contributed by atoms with Gasteiger partial charge in [-0.25, -0.2) is 4.39 Å². The van der Waals surface area contributed by atoms with Gasteiger partial charge in [-0.1, -0.05) is 12.1 Å². The van der Waals surface area contributed by atoms with Gasteiger partial charge in [-0.2, -0.15) is 18.3 Å². The molecular weight excluding hydrogens is 352 g/mol. The molecule has 0 spiro atoms. The van der Waals surface area contributed by atoms with E-state index in [1.54, 1.807) is 6.07 Å². The molecule has 0 saturated carbocycles. The lowest BCUT2D eigenvalue weighted by Crippen LogP contribution is -2.48. The van der Waals surface area contributed by atoms with Crippen molar-refractivity contribution in [3.05, 3.63) is 53.1 Å². The number of alkyl halides is 3. The smallest absolute Gasteiger partial charge is 0.335 e. The number of halogens is 4. The van der Waals surface area contributed by atoms with Gasteiger partial charge in [0.15, 0.2) is 5.69 Å². The van der Waals surface area contributed by atoms with Crippen molar-refractivity contribution in [2.75, 3.05) is 26.2 Å². The van der Waals surface area contributed by atoms with Crippen LogP contribution in [0.15, 0.2) is 30.3 Å². The number of carbonyl (C=O) groups is 1. The normalized spacial score (nSPS) is 16.1. The molecule has 2 heterocycles. The van der Waals surface area contributed by atoms with E-state index in [1.807, 2.05) is 6.07 Å². The number of benzene rings is 1. The van der Waals surface area contributed by atoms with Crippen LogP contribution in [0.5, 0.6) is 0 Å². The third kappa shape index (κ3) is 4.04. The topological polar surface area (TPSA) is 41.4 Å². The van der Waals surface area contributed by atoms with E-state index in [-0.39, 0.29) is 11.5 Å². The molecule has 140 valence electrons. The van der Waals surface area contributed by atoms with E-state index in [9.17, 15) is 22.4 Å². The fourth-order valence-electron chi connectivity index (χ4n) is 3.00. The number of aryl methyl sites for hydroxylation is 1. The predicted molar refractivity (Wildman–Crippen MR) is 85.8 cm³/mol. The molecule has 9 heteroatoms. The second-order valence-corrected chi connectivity index (χ2v) is 6.23. The van der Waals surface area contributed by atoms with Crippen molar-refractivity contribution in [2.24, 2.45) is 7.05 Å². The maximum atomic E-state index is 13.2. The first kappa shape index (κ1) is 18.4. The van der Waals surface area contributed by atoms with Gasteiger partial charge in [0, 0.05) is 45.8 Å². The molecule has 0 atom stereocenters. The highest BCUT2D eigenvalue weighted by Gasteiger charge is 2.36. The van der Waals surface area contributed by atoms with Gasteiger partial charge >= 0.3 is 6.18 Å². The van der Waals surface area contributed by atoms with Crippen LogP contribution in [0.4, 0.5) is 17.6 Å². The Morgan fingerprint density at radius 3 is 2.42 bits per heavy atom. The van der Waals surface area contributed by atoms with Crippen LogP contribution in [-0.2, 0) is 19.8 Å². The zero-order valence-electron chi connectivity index (χ0n) is 14.1. The standard InChI is InChI=1S/C17H18F4N4O/c1-23-15(17(19,20)21)10-14(22-23)16(26)25-7-5-24(6-8-25)11-12-3-2-4-13(18)9-12/h2-4,9-10H,5-8,11H2,1H3. The molecule has 0 aliphatic carbocycles. The Hall–Kier alpha value is -2.42. The molecule has 0 N–H and O–H groups in total. The summed E-state index contributed by atoms with van der Waals surface area (Å²) in [6.07, 6.45) is -4.55. The molecule has 0 radical (unpaired) electrons. The van der Waals surface area contributed by atoms with Gasteiger partial charge in [-0.05, 0) is 17.7 Å². The van der Waals surface area contributed by atoms with Gasteiger partial charge < -0.3 is 4.90 Å². The van der Waals surface area contributed by atoms with Crippen LogP contribution in [0.1, 0.15) is 21.7 Å². The van der Waals surface area contributed by atoms with E-state index in [0.29, 0.717) is 37.4 Å². The molecule has 5 nitrogen and oxygen atoms in total. The maximum absolute atomic E-state index is 13.2. The molecule has 3 rings (SSSR count). The second-order valence-electron chi connectivity index (χ2n) is 6.23. The monoisotopic (exact) mass is 370 g/mol. The van der Waals surface area contributed by atoms with E-state index >= 15 is 0 Å². The molecule has 0 unspecified atom stereocenters. The Labute approximate surface area is 147 Å². The van der Waals surface area contributed by atoms with Gasteiger partial charge in [-0.15, -0.1) is 0 Å². The molecule has 1 aromatic heterocycles. The lowest BCUT2D eigenvalue weighted by atomic mass is 10.2. The predicted octanol–water partition coefficient (Wildman–Crippen LogP) is 2.54. The Morgan fingerprint density at radius 1 is 1.15 bits per heavy atom. The fraction of sp³-hybridized carbons (Fsp3) is 0.412. The van der Waals surface area contributed by atoms with Gasteiger partial charge in [0.2, 0.25) is 0 Å². The summed E-state index contributed by atoms with van der Waals surface area (Å²) in [4.78, 5) is 16.0. The summed E-state index contributed by atoms with van der Waals surface area (Å²) in [5.74, 6) is -0.812. The molecule has 26 heavy (non-hydrogen) atoms. The molecule has 1 aliphatic rings. The summed E-state index contributed by atoms with van der Waals surface area (Å²) in [6, 6.07) is 7.09. The molecular formula is C17H18F4N4O. The van der Waals surface area contributed by atoms with Crippen molar-refractivity contribution in [3.8, 4) is 0 Å². The van der Waals surface area contributed by atoms with Crippen LogP contribution in [0.3, 0.4) is 0 Å². The Balaban J connectivity index is 1.60. The molecule has 1 aliphatic heterocycles. The van der Waals surface area contributed by atoms with Crippen LogP contribution in [0, 0.1) is 5.82 Å². The highest BCUT2D eigenvalue weighted by molar-refractivity contribution is 5.92. The number of rotatable bonds is 3. The number of amides is 1. The molecule has 1 amide bonds. The van der Waals surface area contributed by atoms with Gasteiger partial charge in [-0.3, -0.25) is 14.4 Å². The number of hydrogen-bond donors (Lipinski definition) is 0. The van der Waals surface area contributed by atoms with Gasteiger partial charge in [0.1, 0.15) is 11.5 Å². The van der Waals surface area contributed by atoms with Crippen LogP contribution < -0.4 is 0 Å². The average molecular weight is 370 g/mol. The number of carbonyl (C=O) groups excluding carboxylic acids is 1. The van der Waals surface area contributed by atoms with Crippen molar-refractivity contribution in [1.29, 1.82) is 0 Å². The molecule has 0 bridgehead atoms. The Kier molecular flexibility index (Phi) is 4.99. The first-order chi connectivity index (χ1) is 12.2. The highest BCUT2D eigenvalue weighted by atomic mass is 19.4. The van der Waals surface area contributed by atoms with Gasteiger partial charge in [0.05, 0.1) is 0 Å². The number of aromatic nitrogens is 2. The van der Waals surface area contributed by atoms with Crippen molar-refractivity contribution in [3.63, 3.8) is 0 Å². The maximum Gasteiger partial charge on any atom is 0.433 e. The van der Waals surface area contributed by atoms with Crippen LogP contribution in [0.2, 0.25) is 0 Å². The van der Waals surface area contributed by atoms with E-state index in [0.717, 1.165) is 18.7 Å². The van der Waals surface area contributed by atoms with Crippen LogP contribution >= 0.6 is 0 Å². The lowest BCUT2D eigenvalue weighted by molar-refractivity contribution is -0.143. The zero-order chi connectivity index (χ0) is 18.9. The van der Waals surface area contributed by atoms with E-state index in [1.165, 1.54) is 17.0 Å². The minimum atomic E-state index is -4.55.